The Labute approximate surface area is 115 Å². The van der Waals surface area contributed by atoms with Gasteiger partial charge in [0.15, 0.2) is 10.9 Å². The zero-order chi connectivity index (χ0) is 14.0. The van der Waals surface area contributed by atoms with Crippen LogP contribution < -0.4 is 4.90 Å². The summed E-state index contributed by atoms with van der Waals surface area (Å²) in [5, 5.41) is 0.605. The summed E-state index contributed by atoms with van der Waals surface area (Å²) in [6.45, 7) is 2.27. The highest BCUT2D eigenvalue weighted by Gasteiger charge is 2.37. The third kappa shape index (κ3) is 2.56. The second-order valence-corrected chi connectivity index (χ2v) is 4.92. The Balaban J connectivity index is 2.35. The van der Waals surface area contributed by atoms with Gasteiger partial charge in [-0.1, -0.05) is 11.8 Å². The van der Waals surface area contributed by atoms with Gasteiger partial charge in [-0.15, -0.1) is 0 Å². The molecule has 1 aliphatic heterocycles. The molecule has 2 heterocycles. The number of fused-ring (bicyclic) bond motifs is 1. The monoisotopic (exact) mass is 281 g/mol. The van der Waals surface area contributed by atoms with Crippen LogP contribution in [0.1, 0.15) is 17.3 Å². The quantitative estimate of drug-likeness (QED) is 0.354. The number of hydrogen-bond donors (Lipinski definition) is 0. The van der Waals surface area contributed by atoms with Gasteiger partial charge >= 0.3 is 5.97 Å². The minimum atomic E-state index is -0.791. The van der Waals surface area contributed by atoms with Gasteiger partial charge in [-0.2, -0.15) is 0 Å². The molecule has 7 heteroatoms. The van der Waals surface area contributed by atoms with E-state index in [9.17, 15) is 9.59 Å². The van der Waals surface area contributed by atoms with E-state index in [0.29, 0.717) is 16.5 Å². The first kappa shape index (κ1) is 13.8. The first-order valence-corrected chi connectivity index (χ1v) is 7.14. The number of nitrogens with zero attached hydrogens (tertiary/aromatic N) is 3. The van der Waals surface area contributed by atoms with Crippen LogP contribution in [0.3, 0.4) is 0 Å². The minimum absolute atomic E-state index is 0.265. The van der Waals surface area contributed by atoms with Gasteiger partial charge in [0.25, 0.3) is 0 Å². The zero-order valence-electron chi connectivity index (χ0n) is 11.0. The van der Waals surface area contributed by atoms with Crippen LogP contribution in [-0.2, 0) is 9.53 Å². The molecule has 0 saturated heterocycles. The maximum Gasteiger partial charge on any atom is 0.318 e. The number of Topliss-reactive ketones (excluding diaryl/α,β-unsaturated/α-hetero) is 1. The third-order valence-electron chi connectivity index (χ3n) is 2.90. The highest BCUT2D eigenvalue weighted by Crippen LogP contribution is 2.28. The Hall–Kier alpha value is -1.63. The van der Waals surface area contributed by atoms with Crippen LogP contribution in [0.5, 0.6) is 0 Å². The summed E-state index contributed by atoms with van der Waals surface area (Å²) in [4.78, 5) is 34.2. The number of hydrogen-bond acceptors (Lipinski definition) is 7. The van der Waals surface area contributed by atoms with Crippen molar-refractivity contribution in [1.82, 2.24) is 9.97 Å². The van der Waals surface area contributed by atoms with Crippen LogP contribution in [0.25, 0.3) is 0 Å². The van der Waals surface area contributed by atoms with E-state index in [2.05, 4.69) is 9.97 Å². The maximum atomic E-state index is 12.3. The lowest BCUT2D eigenvalue weighted by Gasteiger charge is -2.29. The standard InChI is InChI=1S/C12H15N3O3S/c1-4-18-11(17)8-6-15(2)10-7(9(8)16)5-13-12(14-10)19-3/h5,8H,4,6H2,1-3H3. The van der Waals surface area contributed by atoms with Crippen molar-refractivity contribution in [2.45, 2.75) is 12.1 Å². The summed E-state index contributed by atoms with van der Waals surface area (Å²) in [7, 11) is 1.80. The Bertz CT molecular complexity index is 521. The molecule has 1 aromatic heterocycles. The number of anilines is 1. The van der Waals surface area contributed by atoms with Gasteiger partial charge < -0.3 is 9.64 Å². The molecule has 0 saturated carbocycles. The highest BCUT2D eigenvalue weighted by molar-refractivity contribution is 7.98. The molecule has 19 heavy (non-hydrogen) atoms. The van der Waals surface area contributed by atoms with E-state index in [-0.39, 0.29) is 18.9 Å². The number of ether oxygens (including phenoxy) is 1. The van der Waals surface area contributed by atoms with Gasteiger partial charge in [-0.3, -0.25) is 9.59 Å². The molecule has 1 unspecified atom stereocenters. The summed E-state index contributed by atoms with van der Waals surface area (Å²) in [6.07, 6.45) is 3.35. The number of aromatic nitrogens is 2. The summed E-state index contributed by atoms with van der Waals surface area (Å²) >= 11 is 1.41. The van der Waals surface area contributed by atoms with Gasteiger partial charge in [0, 0.05) is 19.8 Å². The number of thioether (sulfide) groups is 1. The van der Waals surface area contributed by atoms with Crippen molar-refractivity contribution in [3.8, 4) is 0 Å². The van der Waals surface area contributed by atoms with E-state index in [1.165, 1.54) is 18.0 Å². The molecule has 2 rings (SSSR count). The molecule has 0 radical (unpaired) electrons. The predicted octanol–water partition coefficient (Wildman–Crippen LogP) is 1.01. The molecule has 0 N–H and O–H groups in total. The number of carbonyl (C=O) groups excluding carboxylic acids is 2. The predicted molar refractivity (Wildman–Crippen MR) is 71.5 cm³/mol. The summed E-state index contributed by atoms with van der Waals surface area (Å²) in [6, 6.07) is 0. The molecule has 6 nitrogen and oxygen atoms in total. The molecule has 0 aliphatic carbocycles. The Kier molecular flexibility index (Phi) is 4.04. The maximum absolute atomic E-state index is 12.3. The van der Waals surface area contributed by atoms with Crippen molar-refractivity contribution in [1.29, 1.82) is 0 Å². The van der Waals surface area contributed by atoms with E-state index in [1.54, 1.807) is 18.9 Å². The van der Waals surface area contributed by atoms with Crippen LogP contribution in [-0.4, -0.2) is 48.2 Å². The first-order valence-electron chi connectivity index (χ1n) is 5.91. The molecule has 0 amide bonds. The SMILES string of the molecule is CCOC(=O)C1CN(C)c2nc(SC)ncc2C1=O. The molecule has 102 valence electrons. The normalized spacial score (nSPS) is 18.2. The molecule has 1 atom stereocenters. The Morgan fingerprint density at radius 2 is 2.37 bits per heavy atom. The molecule has 0 aromatic carbocycles. The summed E-state index contributed by atoms with van der Waals surface area (Å²) < 4.78 is 4.93. The van der Waals surface area contributed by atoms with E-state index in [4.69, 9.17) is 4.74 Å². The van der Waals surface area contributed by atoms with Crippen molar-refractivity contribution < 1.29 is 14.3 Å². The molecule has 1 aliphatic rings. The fourth-order valence-electron chi connectivity index (χ4n) is 1.98. The van der Waals surface area contributed by atoms with Gasteiger partial charge in [-0.25, -0.2) is 9.97 Å². The fourth-order valence-corrected chi connectivity index (χ4v) is 2.31. The van der Waals surface area contributed by atoms with Crippen molar-refractivity contribution in [2.24, 2.45) is 5.92 Å². The number of esters is 1. The number of ketones is 1. The molecule has 0 bridgehead atoms. The Morgan fingerprint density at radius 3 is 3.00 bits per heavy atom. The van der Waals surface area contributed by atoms with Crippen LogP contribution in [0.2, 0.25) is 0 Å². The lowest BCUT2D eigenvalue weighted by atomic mass is 9.94. The van der Waals surface area contributed by atoms with Gasteiger partial charge in [0.1, 0.15) is 11.7 Å². The van der Waals surface area contributed by atoms with Crippen LogP contribution >= 0.6 is 11.8 Å². The van der Waals surface area contributed by atoms with E-state index < -0.39 is 11.9 Å². The topological polar surface area (TPSA) is 72.4 Å². The average Bonchev–Trinajstić information content (AvgIpc) is 2.42. The highest BCUT2D eigenvalue weighted by atomic mass is 32.2. The molecular formula is C12H15N3O3S. The van der Waals surface area contributed by atoms with Gasteiger partial charge in [-0.05, 0) is 13.2 Å². The second-order valence-electron chi connectivity index (χ2n) is 4.14. The molecular weight excluding hydrogens is 266 g/mol. The zero-order valence-corrected chi connectivity index (χ0v) is 11.9. The van der Waals surface area contributed by atoms with Crippen molar-refractivity contribution in [3.63, 3.8) is 0 Å². The molecule has 0 spiro atoms. The van der Waals surface area contributed by atoms with Crippen molar-refractivity contribution >= 4 is 29.3 Å². The van der Waals surface area contributed by atoms with Gasteiger partial charge in [0.05, 0.1) is 12.2 Å². The Morgan fingerprint density at radius 1 is 1.63 bits per heavy atom. The third-order valence-corrected chi connectivity index (χ3v) is 3.46. The minimum Gasteiger partial charge on any atom is -0.465 e. The van der Waals surface area contributed by atoms with E-state index >= 15 is 0 Å². The second kappa shape index (κ2) is 5.56. The number of rotatable bonds is 3. The first-order chi connectivity index (χ1) is 9.08. The number of carbonyl (C=O) groups is 2. The average molecular weight is 281 g/mol. The molecule has 1 aromatic rings. The lowest BCUT2D eigenvalue weighted by molar-refractivity contribution is -0.145. The smallest absolute Gasteiger partial charge is 0.318 e. The van der Waals surface area contributed by atoms with E-state index in [0.717, 1.165) is 0 Å². The fraction of sp³-hybridized carbons (Fsp3) is 0.500. The van der Waals surface area contributed by atoms with Gasteiger partial charge in [0.2, 0.25) is 0 Å². The van der Waals surface area contributed by atoms with Crippen molar-refractivity contribution in [2.75, 3.05) is 31.4 Å². The summed E-state index contributed by atoms with van der Waals surface area (Å²) in [5.41, 5.74) is 0.379. The summed E-state index contributed by atoms with van der Waals surface area (Å²) in [5.74, 6) is -0.968. The van der Waals surface area contributed by atoms with Crippen LogP contribution in [0.15, 0.2) is 11.4 Å². The lowest BCUT2D eigenvalue weighted by Crippen LogP contribution is -2.42. The van der Waals surface area contributed by atoms with Crippen molar-refractivity contribution in [3.05, 3.63) is 11.8 Å². The largest absolute Gasteiger partial charge is 0.465 e. The molecule has 0 fully saturated rings. The van der Waals surface area contributed by atoms with Crippen LogP contribution in [0, 0.1) is 5.92 Å². The van der Waals surface area contributed by atoms with Crippen LogP contribution in [0.4, 0.5) is 5.82 Å². The van der Waals surface area contributed by atoms with E-state index in [1.807, 2.05) is 6.26 Å².